The smallest absolute Gasteiger partial charge is 0.261 e. The highest BCUT2D eigenvalue weighted by Crippen LogP contribution is 2.19. The highest BCUT2D eigenvalue weighted by molar-refractivity contribution is 9.10. The number of hydrogen-bond acceptors (Lipinski definition) is 4. The van der Waals surface area contributed by atoms with E-state index >= 15 is 0 Å². The van der Waals surface area contributed by atoms with Crippen molar-refractivity contribution < 1.29 is 19.1 Å². The van der Waals surface area contributed by atoms with Crippen LogP contribution in [0.2, 0.25) is 0 Å². The molecule has 0 radical (unpaired) electrons. The van der Waals surface area contributed by atoms with Crippen molar-refractivity contribution >= 4 is 27.7 Å². The van der Waals surface area contributed by atoms with Gasteiger partial charge in [0.25, 0.3) is 5.91 Å². The van der Waals surface area contributed by atoms with Crippen molar-refractivity contribution in [2.45, 2.75) is 32.9 Å². The second-order valence-corrected chi connectivity index (χ2v) is 9.87. The van der Waals surface area contributed by atoms with Crippen molar-refractivity contribution in [2.75, 3.05) is 20.3 Å². The van der Waals surface area contributed by atoms with Gasteiger partial charge in [0.1, 0.15) is 17.5 Å². The maximum atomic E-state index is 13.6. The summed E-state index contributed by atoms with van der Waals surface area (Å²) >= 11 is 3.46. The molecule has 3 aromatic rings. The summed E-state index contributed by atoms with van der Waals surface area (Å²) in [6.07, 6.45) is 0.398. The van der Waals surface area contributed by atoms with Gasteiger partial charge in [-0.25, -0.2) is 0 Å². The fraction of sp³-hybridized carbons (Fsp3) is 0.310. The van der Waals surface area contributed by atoms with E-state index in [2.05, 4.69) is 21.2 Å². The van der Waals surface area contributed by atoms with Crippen molar-refractivity contribution in [1.29, 1.82) is 0 Å². The van der Waals surface area contributed by atoms with Gasteiger partial charge >= 0.3 is 0 Å². The molecule has 1 N–H and O–H groups in total. The summed E-state index contributed by atoms with van der Waals surface area (Å²) in [4.78, 5) is 28.6. The number of rotatable bonds is 12. The molecule has 0 saturated heterocycles. The molecule has 0 saturated carbocycles. The van der Waals surface area contributed by atoms with Gasteiger partial charge in [-0.1, -0.05) is 72.2 Å². The molecule has 3 aromatic carbocycles. The van der Waals surface area contributed by atoms with Crippen molar-refractivity contribution in [3.8, 4) is 11.5 Å². The normalized spacial score (nSPS) is 11.6. The number of halogens is 1. The third-order valence-corrected chi connectivity index (χ3v) is 6.17. The molecule has 7 heteroatoms. The first-order valence-electron chi connectivity index (χ1n) is 12.0. The second-order valence-electron chi connectivity index (χ2n) is 8.96. The SMILES string of the molecule is COc1ccc(OCC(=O)N(Cc2ccc(Br)cc2)[C@@H](Cc2ccccc2)C(=O)NCC(C)C)cc1. The van der Waals surface area contributed by atoms with Crippen LogP contribution in [-0.2, 0) is 22.6 Å². The Morgan fingerprint density at radius 3 is 2.14 bits per heavy atom. The Morgan fingerprint density at radius 2 is 1.53 bits per heavy atom. The predicted octanol–water partition coefficient (Wildman–Crippen LogP) is 5.25. The van der Waals surface area contributed by atoms with Crippen LogP contribution in [0.5, 0.6) is 11.5 Å². The number of nitrogens with one attached hydrogen (secondary N) is 1. The summed E-state index contributed by atoms with van der Waals surface area (Å²) in [7, 11) is 1.59. The lowest BCUT2D eigenvalue weighted by molar-refractivity contribution is -0.142. The topological polar surface area (TPSA) is 67.9 Å². The fourth-order valence-electron chi connectivity index (χ4n) is 3.66. The largest absolute Gasteiger partial charge is 0.497 e. The Hall–Kier alpha value is -3.32. The summed E-state index contributed by atoms with van der Waals surface area (Å²) in [6.45, 7) is 4.71. The average molecular weight is 553 g/mol. The maximum Gasteiger partial charge on any atom is 0.261 e. The highest BCUT2D eigenvalue weighted by Gasteiger charge is 2.30. The molecular formula is C29H33BrN2O4. The summed E-state index contributed by atoms with van der Waals surface area (Å²) in [5.41, 5.74) is 1.90. The molecule has 0 aliphatic heterocycles. The van der Waals surface area contributed by atoms with Gasteiger partial charge in [-0.3, -0.25) is 9.59 Å². The van der Waals surface area contributed by atoms with Gasteiger partial charge in [-0.05, 0) is 53.4 Å². The summed E-state index contributed by atoms with van der Waals surface area (Å²) in [6, 6.07) is 23.9. The number of benzene rings is 3. The Bertz CT molecular complexity index is 1100. The Balaban J connectivity index is 1.87. The van der Waals surface area contributed by atoms with Crippen LogP contribution in [-0.4, -0.2) is 43.0 Å². The van der Waals surface area contributed by atoms with Crippen molar-refractivity contribution in [1.82, 2.24) is 10.2 Å². The Morgan fingerprint density at radius 1 is 0.889 bits per heavy atom. The second kappa shape index (κ2) is 13.7. The van der Waals surface area contributed by atoms with E-state index in [-0.39, 0.29) is 25.0 Å². The first-order chi connectivity index (χ1) is 17.4. The first-order valence-corrected chi connectivity index (χ1v) is 12.8. The summed E-state index contributed by atoms with van der Waals surface area (Å²) < 4.78 is 11.9. The average Bonchev–Trinajstić information content (AvgIpc) is 2.89. The minimum absolute atomic E-state index is 0.178. The molecule has 0 aliphatic rings. The molecule has 0 bridgehead atoms. The van der Waals surface area contributed by atoms with E-state index < -0.39 is 6.04 Å². The van der Waals surface area contributed by atoms with Gasteiger partial charge in [0.2, 0.25) is 5.91 Å². The van der Waals surface area contributed by atoms with Crippen LogP contribution in [0.4, 0.5) is 0 Å². The van der Waals surface area contributed by atoms with Gasteiger partial charge in [0.05, 0.1) is 7.11 Å². The van der Waals surface area contributed by atoms with Crippen LogP contribution in [0.1, 0.15) is 25.0 Å². The molecule has 0 fully saturated rings. The van der Waals surface area contributed by atoms with E-state index in [4.69, 9.17) is 9.47 Å². The van der Waals surface area contributed by atoms with Gasteiger partial charge in [0.15, 0.2) is 6.61 Å². The lowest BCUT2D eigenvalue weighted by atomic mass is 10.0. The minimum atomic E-state index is -0.693. The quantitative estimate of drug-likeness (QED) is 0.333. The summed E-state index contributed by atoms with van der Waals surface area (Å²) in [5, 5.41) is 3.02. The van der Waals surface area contributed by atoms with E-state index in [1.807, 2.05) is 68.4 Å². The van der Waals surface area contributed by atoms with Crippen LogP contribution < -0.4 is 14.8 Å². The van der Waals surface area contributed by atoms with Gasteiger partial charge in [0, 0.05) is 24.0 Å². The number of amides is 2. The third-order valence-electron chi connectivity index (χ3n) is 5.64. The Kier molecular flexibility index (Phi) is 10.4. The number of nitrogens with zero attached hydrogens (tertiary/aromatic N) is 1. The number of carbonyl (C=O) groups excluding carboxylic acids is 2. The van der Waals surface area contributed by atoms with Crippen LogP contribution in [0.15, 0.2) is 83.3 Å². The van der Waals surface area contributed by atoms with Crippen molar-refractivity contribution in [3.63, 3.8) is 0 Å². The number of hydrogen-bond donors (Lipinski definition) is 1. The molecule has 0 aromatic heterocycles. The van der Waals surface area contributed by atoms with Crippen LogP contribution >= 0.6 is 15.9 Å². The number of carbonyl (C=O) groups is 2. The molecule has 3 rings (SSSR count). The van der Waals surface area contributed by atoms with E-state index in [1.54, 1.807) is 36.3 Å². The molecular weight excluding hydrogens is 520 g/mol. The molecule has 36 heavy (non-hydrogen) atoms. The first kappa shape index (κ1) is 27.3. The van der Waals surface area contributed by atoms with Crippen LogP contribution in [0.3, 0.4) is 0 Å². The van der Waals surface area contributed by atoms with E-state index in [1.165, 1.54) is 0 Å². The van der Waals surface area contributed by atoms with E-state index in [0.717, 1.165) is 15.6 Å². The van der Waals surface area contributed by atoms with Gasteiger partial charge in [-0.15, -0.1) is 0 Å². The van der Waals surface area contributed by atoms with Crippen molar-refractivity contribution in [3.05, 3.63) is 94.5 Å². The highest BCUT2D eigenvalue weighted by atomic mass is 79.9. The monoisotopic (exact) mass is 552 g/mol. The molecule has 1 atom stereocenters. The van der Waals surface area contributed by atoms with E-state index in [9.17, 15) is 9.59 Å². The zero-order valence-electron chi connectivity index (χ0n) is 20.9. The molecule has 0 heterocycles. The lowest BCUT2D eigenvalue weighted by Crippen LogP contribution is -2.52. The van der Waals surface area contributed by atoms with Crippen LogP contribution in [0, 0.1) is 5.92 Å². The van der Waals surface area contributed by atoms with Gasteiger partial charge in [-0.2, -0.15) is 0 Å². The Labute approximate surface area is 221 Å². The molecule has 0 unspecified atom stereocenters. The van der Waals surface area contributed by atoms with E-state index in [0.29, 0.717) is 30.4 Å². The zero-order chi connectivity index (χ0) is 25.9. The minimum Gasteiger partial charge on any atom is -0.497 e. The molecule has 0 aliphatic carbocycles. The van der Waals surface area contributed by atoms with Crippen LogP contribution in [0.25, 0.3) is 0 Å². The number of ether oxygens (including phenoxy) is 2. The standard InChI is InChI=1S/C29H33BrN2O4/c1-21(2)18-31-29(34)27(17-22-7-5-4-6-8-22)32(19-23-9-11-24(30)12-10-23)28(33)20-36-26-15-13-25(35-3)14-16-26/h4-16,21,27H,17-20H2,1-3H3,(H,31,34)/t27-/m0/s1. The van der Waals surface area contributed by atoms with Crippen molar-refractivity contribution in [2.24, 2.45) is 5.92 Å². The fourth-order valence-corrected chi connectivity index (χ4v) is 3.93. The molecule has 6 nitrogen and oxygen atoms in total. The predicted molar refractivity (Wildman–Crippen MR) is 145 cm³/mol. The molecule has 2 amide bonds. The van der Waals surface area contributed by atoms with Gasteiger partial charge < -0.3 is 19.7 Å². The third kappa shape index (κ3) is 8.41. The zero-order valence-corrected chi connectivity index (χ0v) is 22.5. The lowest BCUT2D eigenvalue weighted by Gasteiger charge is -2.31. The molecule has 0 spiro atoms. The molecule has 190 valence electrons. The summed E-state index contributed by atoms with van der Waals surface area (Å²) in [5.74, 6) is 1.10. The maximum absolute atomic E-state index is 13.6. The number of methoxy groups -OCH3 is 1.